The Bertz CT molecular complexity index is 194. The van der Waals surface area contributed by atoms with E-state index < -0.39 is 6.03 Å². The maximum absolute atomic E-state index is 11.1. The van der Waals surface area contributed by atoms with Gasteiger partial charge in [-0.25, -0.2) is 14.5 Å². The summed E-state index contributed by atoms with van der Waals surface area (Å²) >= 11 is 0. The lowest BCUT2D eigenvalue weighted by atomic mass is 10.6. The first-order valence-electron chi connectivity index (χ1n) is 3.70. The molecule has 3 N–H and O–H groups in total. The van der Waals surface area contributed by atoms with E-state index in [-0.39, 0.29) is 19.2 Å². The molecule has 68 valence electrons. The summed E-state index contributed by atoms with van der Waals surface area (Å²) in [5.74, 6) is 0. The SMILES string of the molecule is O=C(NCCO)N1CCNC1=O. The van der Waals surface area contributed by atoms with Crippen LogP contribution in [0.3, 0.4) is 0 Å². The molecule has 1 aliphatic heterocycles. The molecule has 1 aliphatic rings. The number of rotatable bonds is 2. The number of nitrogens with zero attached hydrogens (tertiary/aromatic N) is 1. The fraction of sp³-hybridized carbons (Fsp3) is 0.667. The lowest BCUT2D eigenvalue weighted by Crippen LogP contribution is -2.42. The molecule has 0 unspecified atom stereocenters. The molecular weight excluding hydrogens is 162 g/mol. The van der Waals surface area contributed by atoms with Crippen LogP contribution in [0.2, 0.25) is 0 Å². The van der Waals surface area contributed by atoms with E-state index in [0.717, 1.165) is 4.90 Å². The predicted molar refractivity (Wildman–Crippen MR) is 40.6 cm³/mol. The highest BCUT2D eigenvalue weighted by molar-refractivity contribution is 5.94. The van der Waals surface area contributed by atoms with Crippen molar-refractivity contribution in [3.05, 3.63) is 0 Å². The van der Waals surface area contributed by atoms with Crippen LogP contribution in [-0.2, 0) is 0 Å². The quantitative estimate of drug-likeness (QED) is 0.486. The summed E-state index contributed by atoms with van der Waals surface area (Å²) in [5, 5.41) is 13.3. The van der Waals surface area contributed by atoms with Crippen molar-refractivity contribution in [1.82, 2.24) is 15.5 Å². The molecule has 0 aromatic rings. The summed E-state index contributed by atoms with van der Waals surface area (Å²) in [6.07, 6.45) is 0. The first-order chi connectivity index (χ1) is 5.75. The number of hydrogen-bond acceptors (Lipinski definition) is 3. The Morgan fingerprint density at radius 1 is 1.75 bits per heavy atom. The minimum Gasteiger partial charge on any atom is -0.395 e. The third-order valence-electron chi connectivity index (χ3n) is 1.49. The standard InChI is InChI=1S/C6H11N3O3/c10-4-2-8-6(12)9-3-1-7-5(9)11/h10H,1-4H2,(H,7,11)(H,8,12). The molecule has 1 fully saturated rings. The van der Waals surface area contributed by atoms with E-state index in [1.54, 1.807) is 0 Å². The van der Waals surface area contributed by atoms with Gasteiger partial charge in [0.2, 0.25) is 0 Å². The van der Waals surface area contributed by atoms with Crippen LogP contribution in [0.4, 0.5) is 9.59 Å². The third-order valence-corrected chi connectivity index (χ3v) is 1.49. The first-order valence-corrected chi connectivity index (χ1v) is 3.70. The van der Waals surface area contributed by atoms with Gasteiger partial charge in [-0.2, -0.15) is 0 Å². The molecule has 4 amide bonds. The maximum Gasteiger partial charge on any atom is 0.325 e. The van der Waals surface area contributed by atoms with Crippen molar-refractivity contribution in [2.45, 2.75) is 0 Å². The van der Waals surface area contributed by atoms with Crippen LogP contribution in [0.25, 0.3) is 0 Å². The second kappa shape index (κ2) is 3.91. The van der Waals surface area contributed by atoms with E-state index in [2.05, 4.69) is 10.6 Å². The Kier molecular flexibility index (Phi) is 2.87. The predicted octanol–water partition coefficient (Wildman–Crippen LogP) is -1.29. The van der Waals surface area contributed by atoms with Crippen LogP contribution in [0.15, 0.2) is 0 Å². The molecule has 0 aromatic heterocycles. The minimum atomic E-state index is -0.459. The summed E-state index contributed by atoms with van der Waals surface area (Å²) in [5.41, 5.74) is 0. The molecular formula is C6H11N3O3. The molecule has 0 spiro atoms. The monoisotopic (exact) mass is 173 g/mol. The molecule has 6 heteroatoms. The zero-order valence-corrected chi connectivity index (χ0v) is 6.54. The Labute approximate surface area is 69.5 Å². The topological polar surface area (TPSA) is 81.7 Å². The first kappa shape index (κ1) is 8.79. The molecule has 1 rings (SSSR count). The highest BCUT2D eigenvalue weighted by atomic mass is 16.3. The second-order valence-electron chi connectivity index (χ2n) is 2.34. The number of carbonyl (C=O) groups is 2. The van der Waals surface area contributed by atoms with Gasteiger partial charge in [0.05, 0.1) is 6.61 Å². The van der Waals surface area contributed by atoms with Gasteiger partial charge in [0.25, 0.3) is 0 Å². The number of aliphatic hydroxyl groups is 1. The molecule has 1 saturated heterocycles. The minimum absolute atomic E-state index is 0.124. The lowest BCUT2D eigenvalue weighted by molar-refractivity contribution is 0.196. The summed E-state index contributed by atoms with van der Waals surface area (Å²) in [6.45, 7) is 0.922. The number of nitrogens with one attached hydrogen (secondary N) is 2. The van der Waals surface area contributed by atoms with Crippen LogP contribution in [0, 0.1) is 0 Å². The molecule has 12 heavy (non-hydrogen) atoms. The van der Waals surface area contributed by atoms with Gasteiger partial charge in [0.1, 0.15) is 0 Å². The number of hydrogen-bond donors (Lipinski definition) is 3. The Hall–Kier alpha value is -1.30. The van der Waals surface area contributed by atoms with Crippen LogP contribution in [-0.4, -0.2) is 48.3 Å². The average Bonchev–Trinajstić information content (AvgIpc) is 2.47. The zero-order valence-electron chi connectivity index (χ0n) is 6.54. The zero-order chi connectivity index (χ0) is 8.97. The van der Waals surface area contributed by atoms with Crippen LogP contribution < -0.4 is 10.6 Å². The van der Waals surface area contributed by atoms with Crippen LogP contribution in [0.5, 0.6) is 0 Å². The van der Waals surface area contributed by atoms with E-state index in [4.69, 9.17) is 5.11 Å². The van der Waals surface area contributed by atoms with Gasteiger partial charge in [0.15, 0.2) is 0 Å². The van der Waals surface area contributed by atoms with Gasteiger partial charge in [0, 0.05) is 19.6 Å². The van der Waals surface area contributed by atoms with E-state index in [1.807, 2.05) is 0 Å². The average molecular weight is 173 g/mol. The third kappa shape index (κ3) is 1.85. The van der Waals surface area contributed by atoms with Gasteiger partial charge in [-0.1, -0.05) is 0 Å². The van der Waals surface area contributed by atoms with Crippen molar-refractivity contribution in [1.29, 1.82) is 0 Å². The Morgan fingerprint density at radius 3 is 3.00 bits per heavy atom. The highest BCUT2D eigenvalue weighted by Gasteiger charge is 2.25. The molecule has 0 aliphatic carbocycles. The van der Waals surface area contributed by atoms with Gasteiger partial charge in [-0.15, -0.1) is 0 Å². The normalized spacial score (nSPS) is 16.1. The van der Waals surface area contributed by atoms with Crippen molar-refractivity contribution in [3.63, 3.8) is 0 Å². The number of carbonyl (C=O) groups excluding carboxylic acids is 2. The summed E-state index contributed by atoms with van der Waals surface area (Å²) in [6, 6.07) is -0.843. The van der Waals surface area contributed by atoms with Crippen molar-refractivity contribution >= 4 is 12.1 Å². The van der Waals surface area contributed by atoms with Crippen LogP contribution >= 0.6 is 0 Å². The Balaban J connectivity index is 2.36. The number of amides is 4. The van der Waals surface area contributed by atoms with Crippen molar-refractivity contribution in [2.24, 2.45) is 0 Å². The number of imide groups is 1. The molecule has 0 atom stereocenters. The van der Waals surface area contributed by atoms with Crippen molar-refractivity contribution in [2.75, 3.05) is 26.2 Å². The second-order valence-corrected chi connectivity index (χ2v) is 2.34. The van der Waals surface area contributed by atoms with Gasteiger partial charge >= 0.3 is 12.1 Å². The largest absolute Gasteiger partial charge is 0.395 e. The smallest absolute Gasteiger partial charge is 0.325 e. The van der Waals surface area contributed by atoms with E-state index in [9.17, 15) is 9.59 Å². The molecule has 0 bridgehead atoms. The van der Waals surface area contributed by atoms with E-state index in [1.165, 1.54) is 0 Å². The fourth-order valence-corrected chi connectivity index (χ4v) is 0.924. The highest BCUT2D eigenvalue weighted by Crippen LogP contribution is 1.95. The number of urea groups is 2. The summed E-state index contributed by atoms with van der Waals surface area (Å²) < 4.78 is 0. The molecule has 1 heterocycles. The van der Waals surface area contributed by atoms with Crippen molar-refractivity contribution in [3.8, 4) is 0 Å². The summed E-state index contributed by atoms with van der Waals surface area (Å²) in [4.78, 5) is 23.0. The maximum atomic E-state index is 11.1. The summed E-state index contributed by atoms with van der Waals surface area (Å²) in [7, 11) is 0. The van der Waals surface area contributed by atoms with Gasteiger partial charge in [-0.3, -0.25) is 0 Å². The Morgan fingerprint density at radius 2 is 2.50 bits per heavy atom. The lowest BCUT2D eigenvalue weighted by Gasteiger charge is -2.12. The fourth-order valence-electron chi connectivity index (χ4n) is 0.924. The molecule has 0 radical (unpaired) electrons. The molecule has 0 aromatic carbocycles. The van der Waals surface area contributed by atoms with E-state index in [0.29, 0.717) is 13.1 Å². The molecule has 0 saturated carbocycles. The van der Waals surface area contributed by atoms with E-state index >= 15 is 0 Å². The van der Waals surface area contributed by atoms with Gasteiger partial charge < -0.3 is 15.7 Å². The van der Waals surface area contributed by atoms with Gasteiger partial charge in [-0.05, 0) is 0 Å². The van der Waals surface area contributed by atoms with Crippen LogP contribution in [0.1, 0.15) is 0 Å². The molecule has 6 nitrogen and oxygen atoms in total. The van der Waals surface area contributed by atoms with Crippen molar-refractivity contribution < 1.29 is 14.7 Å². The number of aliphatic hydroxyl groups excluding tert-OH is 1.